The van der Waals surface area contributed by atoms with Crippen LogP contribution in [0.5, 0.6) is 0 Å². The second kappa shape index (κ2) is 6.90. The maximum Gasteiger partial charge on any atom is 0.217 e. The number of rotatable bonds is 4. The maximum absolute atomic E-state index is 14.3. The van der Waals surface area contributed by atoms with Crippen molar-refractivity contribution in [3.63, 3.8) is 0 Å². The second-order valence-electron chi connectivity index (χ2n) is 6.31. The Balaban J connectivity index is 2.10. The average Bonchev–Trinajstić information content (AvgIpc) is 3.03. The fourth-order valence-electron chi connectivity index (χ4n) is 2.94. The number of sulfonamides is 1. The first-order valence-electron chi connectivity index (χ1n) is 8.02. The van der Waals surface area contributed by atoms with Crippen molar-refractivity contribution >= 4 is 27.2 Å². The van der Waals surface area contributed by atoms with Gasteiger partial charge in [-0.05, 0) is 43.2 Å². The maximum atomic E-state index is 14.3. The average molecular weight is 380 g/mol. The van der Waals surface area contributed by atoms with Gasteiger partial charge in [-0.3, -0.25) is 0 Å². The molecule has 25 heavy (non-hydrogen) atoms. The van der Waals surface area contributed by atoms with Crippen LogP contribution < -0.4 is 0 Å². The number of hydrogen-bond acceptors (Lipinski definition) is 2. The van der Waals surface area contributed by atoms with Gasteiger partial charge < -0.3 is 0 Å². The van der Waals surface area contributed by atoms with Crippen LogP contribution in [-0.2, 0) is 10.0 Å². The molecule has 1 atom stereocenters. The Kier molecular flexibility index (Phi) is 5.00. The molecule has 132 valence electrons. The van der Waals surface area contributed by atoms with Crippen molar-refractivity contribution in [1.82, 2.24) is 4.31 Å². The minimum Gasteiger partial charge on any atom is -0.212 e. The highest BCUT2D eigenvalue weighted by Gasteiger charge is 2.37. The van der Waals surface area contributed by atoms with Gasteiger partial charge in [-0.15, -0.1) is 0 Å². The Bertz CT molecular complexity index is 910. The molecule has 1 heterocycles. The molecule has 1 aliphatic rings. The molecule has 6 heteroatoms. The molecule has 0 fully saturated rings. The largest absolute Gasteiger partial charge is 0.217 e. The van der Waals surface area contributed by atoms with E-state index in [1.54, 1.807) is 13.8 Å². The Labute approximate surface area is 152 Å². The monoisotopic (exact) mass is 379 g/mol. The molecule has 0 amide bonds. The standard InChI is InChI=1S/C19H19ClFNO2S/c1-13(2)25(23,24)22-12-15(17-11-16(20)8-9-18(17)21)10-19(22)14-6-4-3-5-7-14/h3-11,13,19H,12H2,1-2H3. The van der Waals surface area contributed by atoms with Gasteiger partial charge in [-0.25, -0.2) is 12.8 Å². The topological polar surface area (TPSA) is 37.4 Å². The number of halogens is 2. The van der Waals surface area contributed by atoms with Crippen LogP contribution in [0.4, 0.5) is 4.39 Å². The van der Waals surface area contributed by atoms with Crippen molar-refractivity contribution in [2.45, 2.75) is 25.1 Å². The molecular formula is C19H19ClFNO2S. The van der Waals surface area contributed by atoms with Gasteiger partial charge in [0.15, 0.2) is 0 Å². The SMILES string of the molecule is CC(C)S(=O)(=O)N1CC(c2cc(Cl)ccc2F)=CC1c1ccccc1. The van der Waals surface area contributed by atoms with Crippen molar-refractivity contribution in [1.29, 1.82) is 0 Å². The first-order chi connectivity index (χ1) is 11.8. The number of nitrogens with zero attached hydrogens (tertiary/aromatic N) is 1. The third kappa shape index (κ3) is 3.50. The first-order valence-corrected chi connectivity index (χ1v) is 9.90. The molecule has 0 aromatic heterocycles. The third-order valence-electron chi connectivity index (χ3n) is 4.33. The highest BCUT2D eigenvalue weighted by atomic mass is 35.5. The molecule has 3 rings (SSSR count). The summed E-state index contributed by atoms with van der Waals surface area (Å²) in [6.07, 6.45) is 1.81. The second-order valence-corrected chi connectivity index (χ2v) is 9.19. The van der Waals surface area contributed by atoms with Gasteiger partial charge >= 0.3 is 0 Å². The van der Waals surface area contributed by atoms with E-state index in [9.17, 15) is 12.8 Å². The molecular weight excluding hydrogens is 361 g/mol. The number of benzene rings is 2. The first kappa shape index (κ1) is 18.1. The Hall–Kier alpha value is -1.69. The minimum atomic E-state index is -3.51. The van der Waals surface area contributed by atoms with E-state index < -0.39 is 27.1 Å². The molecule has 0 saturated carbocycles. The van der Waals surface area contributed by atoms with Crippen LogP contribution in [0.15, 0.2) is 54.6 Å². The molecule has 0 spiro atoms. The van der Waals surface area contributed by atoms with Crippen LogP contribution in [0, 0.1) is 5.82 Å². The van der Waals surface area contributed by atoms with E-state index >= 15 is 0 Å². The lowest BCUT2D eigenvalue weighted by atomic mass is 10.0. The smallest absolute Gasteiger partial charge is 0.212 e. The molecule has 2 aromatic carbocycles. The highest BCUT2D eigenvalue weighted by molar-refractivity contribution is 7.89. The van der Waals surface area contributed by atoms with E-state index in [-0.39, 0.29) is 6.54 Å². The van der Waals surface area contributed by atoms with E-state index in [1.165, 1.54) is 22.5 Å². The van der Waals surface area contributed by atoms with E-state index in [4.69, 9.17) is 11.6 Å². The van der Waals surface area contributed by atoms with Crippen molar-refractivity contribution < 1.29 is 12.8 Å². The van der Waals surface area contributed by atoms with Gasteiger partial charge in [-0.1, -0.05) is 48.0 Å². The lowest BCUT2D eigenvalue weighted by Gasteiger charge is -2.26. The molecule has 0 bridgehead atoms. The molecule has 0 saturated heterocycles. The summed E-state index contributed by atoms with van der Waals surface area (Å²) in [5, 5.41) is -0.144. The van der Waals surface area contributed by atoms with Crippen LogP contribution in [0.2, 0.25) is 5.02 Å². The van der Waals surface area contributed by atoms with Crippen molar-refractivity contribution in [2.24, 2.45) is 0 Å². The number of hydrogen-bond donors (Lipinski definition) is 0. The summed E-state index contributed by atoms with van der Waals surface area (Å²) in [5.74, 6) is -0.411. The summed E-state index contributed by atoms with van der Waals surface area (Å²) >= 11 is 6.00. The summed E-state index contributed by atoms with van der Waals surface area (Å²) in [6, 6.07) is 13.2. The third-order valence-corrected chi connectivity index (χ3v) is 6.77. The lowest BCUT2D eigenvalue weighted by Crippen LogP contribution is -2.36. The molecule has 2 aromatic rings. The minimum absolute atomic E-state index is 0.122. The van der Waals surface area contributed by atoms with Crippen LogP contribution in [0.1, 0.15) is 31.0 Å². The Morgan fingerprint density at radius 1 is 1.16 bits per heavy atom. The van der Waals surface area contributed by atoms with Crippen LogP contribution in [0.3, 0.4) is 0 Å². The zero-order valence-corrected chi connectivity index (χ0v) is 15.6. The van der Waals surface area contributed by atoms with Gasteiger partial charge in [0.25, 0.3) is 0 Å². The zero-order chi connectivity index (χ0) is 18.2. The van der Waals surface area contributed by atoms with Gasteiger partial charge in [0, 0.05) is 17.1 Å². The van der Waals surface area contributed by atoms with E-state index in [1.807, 2.05) is 36.4 Å². The molecule has 3 nitrogen and oxygen atoms in total. The summed E-state index contributed by atoms with van der Waals surface area (Å²) in [7, 11) is -3.51. The van der Waals surface area contributed by atoms with Crippen molar-refractivity contribution in [3.05, 3.63) is 76.6 Å². The summed E-state index contributed by atoms with van der Waals surface area (Å²) in [6.45, 7) is 3.42. The van der Waals surface area contributed by atoms with Crippen LogP contribution in [-0.4, -0.2) is 24.5 Å². The molecule has 0 radical (unpaired) electrons. The Morgan fingerprint density at radius 3 is 2.48 bits per heavy atom. The van der Waals surface area contributed by atoms with E-state index in [0.717, 1.165) is 5.56 Å². The van der Waals surface area contributed by atoms with Crippen molar-refractivity contribution in [2.75, 3.05) is 6.54 Å². The summed E-state index contributed by atoms with van der Waals surface area (Å²) < 4.78 is 41.3. The normalized spacial score (nSPS) is 18.6. The molecule has 0 N–H and O–H groups in total. The Morgan fingerprint density at radius 2 is 1.84 bits per heavy atom. The van der Waals surface area contributed by atoms with Gasteiger partial charge in [-0.2, -0.15) is 4.31 Å². The highest BCUT2D eigenvalue weighted by Crippen LogP contribution is 2.38. The zero-order valence-electron chi connectivity index (χ0n) is 14.0. The van der Waals surface area contributed by atoms with Crippen LogP contribution >= 0.6 is 11.6 Å². The van der Waals surface area contributed by atoms with Gasteiger partial charge in [0.1, 0.15) is 5.82 Å². The quantitative estimate of drug-likeness (QED) is 0.774. The molecule has 1 aliphatic heterocycles. The summed E-state index contributed by atoms with van der Waals surface area (Å²) in [4.78, 5) is 0. The van der Waals surface area contributed by atoms with Gasteiger partial charge in [0.05, 0.1) is 11.3 Å². The van der Waals surface area contributed by atoms with E-state index in [2.05, 4.69) is 0 Å². The summed E-state index contributed by atoms with van der Waals surface area (Å²) in [5.41, 5.74) is 1.82. The molecule has 0 aliphatic carbocycles. The molecule has 1 unspecified atom stereocenters. The fourth-order valence-corrected chi connectivity index (χ4v) is 4.47. The van der Waals surface area contributed by atoms with Crippen molar-refractivity contribution in [3.8, 4) is 0 Å². The lowest BCUT2D eigenvalue weighted by molar-refractivity contribution is 0.414. The van der Waals surface area contributed by atoms with Crippen LogP contribution in [0.25, 0.3) is 5.57 Å². The fraction of sp³-hybridized carbons (Fsp3) is 0.263. The van der Waals surface area contributed by atoms with Gasteiger partial charge in [0.2, 0.25) is 10.0 Å². The predicted octanol–water partition coefficient (Wildman–Crippen LogP) is 4.66. The predicted molar refractivity (Wildman–Crippen MR) is 99.3 cm³/mol. The van der Waals surface area contributed by atoms with E-state index in [0.29, 0.717) is 16.2 Å².